The minimum absolute atomic E-state index is 0.173. The highest BCUT2D eigenvalue weighted by molar-refractivity contribution is 5.86. The van der Waals surface area contributed by atoms with E-state index in [4.69, 9.17) is 0 Å². The SMILES string of the molecule is CC(C)c1ccc(CC(=O)C(O)c2ccccc2)cc1. The predicted molar refractivity (Wildman–Crippen MR) is 80.6 cm³/mol. The van der Waals surface area contributed by atoms with Gasteiger partial charge in [0, 0.05) is 6.42 Å². The summed E-state index contributed by atoms with van der Waals surface area (Å²) in [5.74, 6) is 0.308. The van der Waals surface area contributed by atoms with Crippen molar-refractivity contribution in [2.24, 2.45) is 0 Å². The van der Waals surface area contributed by atoms with Crippen molar-refractivity contribution >= 4 is 5.78 Å². The number of carbonyl (C=O) groups excluding carboxylic acids is 1. The second-order valence-electron chi connectivity index (χ2n) is 5.35. The molecule has 0 aromatic heterocycles. The van der Waals surface area contributed by atoms with Crippen molar-refractivity contribution in [3.63, 3.8) is 0 Å². The Hall–Kier alpha value is -1.93. The minimum atomic E-state index is -1.04. The lowest BCUT2D eigenvalue weighted by Crippen LogP contribution is -2.14. The third-order valence-electron chi connectivity index (χ3n) is 3.45. The first-order valence-electron chi connectivity index (χ1n) is 6.92. The van der Waals surface area contributed by atoms with Gasteiger partial charge in [0.05, 0.1) is 0 Å². The first-order valence-corrected chi connectivity index (χ1v) is 6.92. The van der Waals surface area contributed by atoms with Crippen LogP contribution in [0.15, 0.2) is 54.6 Å². The molecule has 0 fully saturated rings. The molecule has 1 N–H and O–H groups in total. The number of hydrogen-bond donors (Lipinski definition) is 1. The highest BCUT2D eigenvalue weighted by Crippen LogP contribution is 2.18. The zero-order valence-electron chi connectivity index (χ0n) is 11.9. The number of carbonyl (C=O) groups is 1. The summed E-state index contributed by atoms with van der Waals surface area (Å²) in [5.41, 5.74) is 2.84. The molecule has 20 heavy (non-hydrogen) atoms. The molecule has 1 atom stereocenters. The molecule has 104 valence electrons. The van der Waals surface area contributed by atoms with E-state index >= 15 is 0 Å². The molecule has 1 unspecified atom stereocenters. The Morgan fingerprint density at radius 3 is 2.10 bits per heavy atom. The monoisotopic (exact) mass is 268 g/mol. The smallest absolute Gasteiger partial charge is 0.170 e. The molecule has 0 aliphatic carbocycles. The van der Waals surface area contributed by atoms with Crippen molar-refractivity contribution in [2.75, 3.05) is 0 Å². The zero-order chi connectivity index (χ0) is 14.5. The molecule has 2 nitrogen and oxygen atoms in total. The standard InChI is InChI=1S/C18H20O2/c1-13(2)15-10-8-14(9-11-15)12-17(19)18(20)16-6-4-3-5-7-16/h3-11,13,18,20H,12H2,1-2H3. The van der Waals surface area contributed by atoms with Gasteiger partial charge in [-0.2, -0.15) is 0 Å². The molecule has 0 saturated carbocycles. The number of ketones is 1. The third-order valence-corrected chi connectivity index (χ3v) is 3.45. The van der Waals surface area contributed by atoms with Crippen LogP contribution in [0.25, 0.3) is 0 Å². The number of Topliss-reactive ketones (excluding diaryl/α,β-unsaturated/α-hetero) is 1. The Balaban J connectivity index is 2.04. The third kappa shape index (κ3) is 3.55. The summed E-state index contributed by atoms with van der Waals surface area (Å²) in [5, 5.41) is 10.0. The van der Waals surface area contributed by atoms with E-state index in [-0.39, 0.29) is 12.2 Å². The lowest BCUT2D eigenvalue weighted by atomic mass is 9.97. The van der Waals surface area contributed by atoms with Crippen LogP contribution in [0.4, 0.5) is 0 Å². The van der Waals surface area contributed by atoms with Crippen LogP contribution in [0.3, 0.4) is 0 Å². The molecule has 2 aromatic carbocycles. The molecule has 2 rings (SSSR count). The molecule has 0 amide bonds. The van der Waals surface area contributed by atoms with Gasteiger partial charge in [0.25, 0.3) is 0 Å². The first kappa shape index (κ1) is 14.5. The Morgan fingerprint density at radius 1 is 0.950 bits per heavy atom. The summed E-state index contributed by atoms with van der Waals surface area (Å²) < 4.78 is 0. The van der Waals surface area contributed by atoms with Crippen LogP contribution in [0.5, 0.6) is 0 Å². The number of hydrogen-bond acceptors (Lipinski definition) is 2. The van der Waals surface area contributed by atoms with Crippen LogP contribution in [-0.2, 0) is 11.2 Å². The lowest BCUT2D eigenvalue weighted by Gasteiger charge is -2.11. The van der Waals surface area contributed by atoms with Crippen LogP contribution in [0.1, 0.15) is 42.6 Å². The first-order chi connectivity index (χ1) is 9.58. The predicted octanol–water partition coefficient (Wildman–Crippen LogP) is 3.66. The summed E-state index contributed by atoms with van der Waals surface area (Å²) in [6.45, 7) is 4.28. The van der Waals surface area contributed by atoms with Crippen molar-refractivity contribution in [3.8, 4) is 0 Å². The van der Waals surface area contributed by atoms with Crippen molar-refractivity contribution in [2.45, 2.75) is 32.3 Å². The van der Waals surface area contributed by atoms with Gasteiger partial charge < -0.3 is 5.11 Å². The second-order valence-corrected chi connectivity index (χ2v) is 5.35. The molecule has 0 heterocycles. The van der Waals surface area contributed by atoms with Gasteiger partial charge in [0.1, 0.15) is 6.10 Å². The lowest BCUT2D eigenvalue weighted by molar-refractivity contribution is -0.126. The summed E-state index contributed by atoms with van der Waals surface area (Å²) >= 11 is 0. The molecule has 0 spiro atoms. The molecule has 0 saturated heterocycles. The average Bonchev–Trinajstić information content (AvgIpc) is 2.48. The van der Waals surface area contributed by atoms with E-state index in [9.17, 15) is 9.90 Å². The van der Waals surface area contributed by atoms with Crippen LogP contribution in [0, 0.1) is 0 Å². The summed E-state index contributed by atoms with van der Waals surface area (Å²) in [6, 6.07) is 17.1. The highest BCUT2D eigenvalue weighted by atomic mass is 16.3. The van der Waals surface area contributed by atoms with Gasteiger partial charge in [-0.05, 0) is 22.6 Å². The number of benzene rings is 2. The number of aliphatic hydroxyl groups is 1. The molecular formula is C18H20O2. The number of aliphatic hydroxyl groups excluding tert-OH is 1. The van der Waals surface area contributed by atoms with Gasteiger partial charge in [-0.3, -0.25) is 4.79 Å². The van der Waals surface area contributed by atoms with E-state index in [1.54, 1.807) is 12.1 Å². The van der Waals surface area contributed by atoms with Gasteiger partial charge in [-0.15, -0.1) is 0 Å². The van der Waals surface area contributed by atoms with E-state index in [0.29, 0.717) is 11.5 Å². The van der Waals surface area contributed by atoms with Crippen LogP contribution < -0.4 is 0 Å². The molecule has 0 aliphatic heterocycles. The normalized spacial score (nSPS) is 12.4. The summed E-state index contributed by atoms with van der Waals surface area (Å²) in [4.78, 5) is 12.1. The van der Waals surface area contributed by atoms with Crippen LogP contribution >= 0.6 is 0 Å². The van der Waals surface area contributed by atoms with Crippen molar-refractivity contribution in [3.05, 3.63) is 71.3 Å². The Labute approximate surface area is 120 Å². The Kier molecular flexibility index (Phi) is 4.70. The second kappa shape index (κ2) is 6.49. The maximum atomic E-state index is 12.1. The van der Waals surface area contributed by atoms with E-state index in [1.165, 1.54) is 5.56 Å². The van der Waals surface area contributed by atoms with Gasteiger partial charge in [0.2, 0.25) is 0 Å². The minimum Gasteiger partial charge on any atom is -0.381 e. The molecular weight excluding hydrogens is 248 g/mol. The molecule has 0 radical (unpaired) electrons. The van der Waals surface area contributed by atoms with Gasteiger partial charge >= 0.3 is 0 Å². The molecule has 2 heteroatoms. The van der Waals surface area contributed by atoms with Crippen LogP contribution in [-0.4, -0.2) is 10.9 Å². The molecule has 2 aromatic rings. The van der Waals surface area contributed by atoms with Gasteiger partial charge in [0.15, 0.2) is 5.78 Å². The highest BCUT2D eigenvalue weighted by Gasteiger charge is 2.17. The summed E-state index contributed by atoms with van der Waals surface area (Å²) in [6.07, 6.45) is -0.782. The van der Waals surface area contributed by atoms with E-state index in [1.807, 2.05) is 42.5 Å². The topological polar surface area (TPSA) is 37.3 Å². The number of rotatable bonds is 5. The maximum absolute atomic E-state index is 12.1. The van der Waals surface area contributed by atoms with Gasteiger partial charge in [-0.25, -0.2) is 0 Å². The fraction of sp³-hybridized carbons (Fsp3) is 0.278. The fourth-order valence-corrected chi connectivity index (χ4v) is 2.14. The van der Waals surface area contributed by atoms with E-state index < -0.39 is 6.10 Å². The molecule has 0 bridgehead atoms. The quantitative estimate of drug-likeness (QED) is 0.898. The van der Waals surface area contributed by atoms with Gasteiger partial charge in [-0.1, -0.05) is 68.4 Å². The maximum Gasteiger partial charge on any atom is 0.170 e. The van der Waals surface area contributed by atoms with Crippen LogP contribution in [0.2, 0.25) is 0 Å². The van der Waals surface area contributed by atoms with E-state index in [0.717, 1.165) is 5.56 Å². The Bertz CT molecular complexity index is 556. The Morgan fingerprint density at radius 2 is 1.55 bits per heavy atom. The average molecular weight is 268 g/mol. The zero-order valence-corrected chi connectivity index (χ0v) is 11.9. The van der Waals surface area contributed by atoms with Crippen molar-refractivity contribution in [1.29, 1.82) is 0 Å². The fourth-order valence-electron chi connectivity index (χ4n) is 2.14. The largest absolute Gasteiger partial charge is 0.381 e. The molecule has 0 aliphatic rings. The van der Waals surface area contributed by atoms with Crippen molar-refractivity contribution < 1.29 is 9.90 Å². The summed E-state index contributed by atoms with van der Waals surface area (Å²) in [7, 11) is 0. The van der Waals surface area contributed by atoms with E-state index in [2.05, 4.69) is 13.8 Å². The van der Waals surface area contributed by atoms with Crippen molar-refractivity contribution in [1.82, 2.24) is 0 Å².